The monoisotopic (exact) mass is 174 g/mol. The number of benzene rings is 1. The summed E-state index contributed by atoms with van der Waals surface area (Å²) in [6.45, 7) is 8.18. The molecule has 0 aliphatic carbocycles. The van der Waals surface area contributed by atoms with Crippen molar-refractivity contribution in [1.29, 1.82) is 0 Å². The molecule has 0 heteroatoms. The van der Waals surface area contributed by atoms with Gasteiger partial charge in [0.2, 0.25) is 0 Å². The molecule has 0 saturated carbocycles. The summed E-state index contributed by atoms with van der Waals surface area (Å²) in [6.07, 6.45) is 3.55. The highest BCUT2D eigenvalue weighted by atomic mass is 14.0. The summed E-state index contributed by atoms with van der Waals surface area (Å²) in [5.41, 5.74) is 4.17. The lowest BCUT2D eigenvalue weighted by Gasteiger charge is -2.04. The third-order valence-electron chi connectivity index (χ3n) is 2.31. The second-order valence-corrected chi connectivity index (χ2v) is 3.74. The highest BCUT2D eigenvalue weighted by Crippen LogP contribution is 2.12. The SMILES string of the molecule is C=C(C)CCCc1ccccc1C. The van der Waals surface area contributed by atoms with Crippen LogP contribution in [-0.4, -0.2) is 0 Å². The number of hydrogen-bond donors (Lipinski definition) is 0. The van der Waals surface area contributed by atoms with Gasteiger partial charge >= 0.3 is 0 Å². The summed E-state index contributed by atoms with van der Waals surface area (Å²) in [5, 5.41) is 0. The van der Waals surface area contributed by atoms with E-state index in [2.05, 4.69) is 44.7 Å². The highest BCUT2D eigenvalue weighted by Gasteiger charge is 1.96. The zero-order valence-corrected chi connectivity index (χ0v) is 8.64. The molecule has 0 N–H and O–H groups in total. The predicted octanol–water partition coefficient (Wildman–Crippen LogP) is 3.89. The first-order chi connectivity index (χ1) is 6.20. The lowest BCUT2D eigenvalue weighted by atomic mass is 10.0. The summed E-state index contributed by atoms with van der Waals surface area (Å²) >= 11 is 0. The van der Waals surface area contributed by atoms with E-state index in [4.69, 9.17) is 0 Å². The molecular weight excluding hydrogens is 156 g/mol. The summed E-state index contributed by atoms with van der Waals surface area (Å²) in [7, 11) is 0. The molecule has 0 radical (unpaired) electrons. The largest absolute Gasteiger partial charge is 0.100 e. The van der Waals surface area contributed by atoms with E-state index in [-0.39, 0.29) is 0 Å². The van der Waals surface area contributed by atoms with Crippen LogP contribution in [0.2, 0.25) is 0 Å². The molecule has 1 rings (SSSR count). The van der Waals surface area contributed by atoms with Crippen molar-refractivity contribution in [3.05, 3.63) is 47.5 Å². The van der Waals surface area contributed by atoms with E-state index in [9.17, 15) is 0 Å². The zero-order valence-electron chi connectivity index (χ0n) is 8.64. The van der Waals surface area contributed by atoms with Crippen molar-refractivity contribution in [3.63, 3.8) is 0 Å². The number of allylic oxidation sites excluding steroid dienone is 1. The van der Waals surface area contributed by atoms with Crippen LogP contribution < -0.4 is 0 Å². The zero-order chi connectivity index (χ0) is 9.68. The predicted molar refractivity (Wildman–Crippen MR) is 58.9 cm³/mol. The van der Waals surface area contributed by atoms with Crippen LogP contribution in [0.4, 0.5) is 0 Å². The maximum Gasteiger partial charge on any atom is -0.0273 e. The van der Waals surface area contributed by atoms with Gasteiger partial charge in [-0.3, -0.25) is 0 Å². The molecule has 1 aromatic rings. The van der Waals surface area contributed by atoms with Gasteiger partial charge in [0, 0.05) is 0 Å². The van der Waals surface area contributed by atoms with Crippen molar-refractivity contribution in [2.75, 3.05) is 0 Å². The fourth-order valence-electron chi connectivity index (χ4n) is 1.47. The van der Waals surface area contributed by atoms with E-state index in [0.717, 1.165) is 6.42 Å². The lowest BCUT2D eigenvalue weighted by Crippen LogP contribution is -1.89. The molecule has 0 amide bonds. The average Bonchev–Trinajstić information content (AvgIpc) is 2.08. The minimum absolute atomic E-state index is 1.15. The molecule has 0 aliphatic heterocycles. The smallest absolute Gasteiger partial charge is 0.0273 e. The van der Waals surface area contributed by atoms with Crippen LogP contribution in [-0.2, 0) is 6.42 Å². The van der Waals surface area contributed by atoms with Crippen molar-refractivity contribution in [2.24, 2.45) is 0 Å². The van der Waals surface area contributed by atoms with Gasteiger partial charge in [-0.05, 0) is 44.2 Å². The van der Waals surface area contributed by atoms with Gasteiger partial charge in [-0.25, -0.2) is 0 Å². The number of aryl methyl sites for hydroxylation is 2. The highest BCUT2D eigenvalue weighted by molar-refractivity contribution is 5.25. The summed E-state index contributed by atoms with van der Waals surface area (Å²) in [4.78, 5) is 0. The summed E-state index contributed by atoms with van der Waals surface area (Å²) in [6, 6.07) is 8.60. The Morgan fingerprint density at radius 2 is 2.00 bits per heavy atom. The molecule has 0 heterocycles. The van der Waals surface area contributed by atoms with Gasteiger partial charge in [-0.1, -0.05) is 29.8 Å². The van der Waals surface area contributed by atoms with Crippen molar-refractivity contribution < 1.29 is 0 Å². The first-order valence-corrected chi connectivity index (χ1v) is 4.89. The summed E-state index contributed by atoms with van der Waals surface area (Å²) in [5.74, 6) is 0. The van der Waals surface area contributed by atoms with Crippen LogP contribution in [0.3, 0.4) is 0 Å². The molecular formula is C13H18. The maximum absolute atomic E-state index is 3.91. The second kappa shape index (κ2) is 4.86. The Kier molecular flexibility index (Phi) is 3.75. The van der Waals surface area contributed by atoms with Gasteiger partial charge < -0.3 is 0 Å². The Labute approximate surface area is 81.3 Å². The molecule has 0 bridgehead atoms. The molecule has 0 aromatic heterocycles. The van der Waals surface area contributed by atoms with E-state index in [1.54, 1.807) is 0 Å². The van der Waals surface area contributed by atoms with Crippen LogP contribution in [0.5, 0.6) is 0 Å². The fourth-order valence-corrected chi connectivity index (χ4v) is 1.47. The van der Waals surface area contributed by atoms with Crippen LogP contribution in [0.1, 0.15) is 30.9 Å². The molecule has 0 fully saturated rings. The Hall–Kier alpha value is -1.04. The second-order valence-electron chi connectivity index (χ2n) is 3.74. The Morgan fingerprint density at radius 1 is 1.31 bits per heavy atom. The quantitative estimate of drug-likeness (QED) is 0.607. The number of hydrogen-bond acceptors (Lipinski definition) is 0. The fraction of sp³-hybridized carbons (Fsp3) is 0.385. The molecule has 0 spiro atoms. The molecule has 0 unspecified atom stereocenters. The van der Waals surface area contributed by atoms with Gasteiger partial charge in [0.05, 0.1) is 0 Å². The molecule has 1 aromatic carbocycles. The van der Waals surface area contributed by atoms with Gasteiger partial charge in [-0.15, -0.1) is 6.58 Å². The standard InChI is InChI=1S/C13H18/c1-11(2)7-6-10-13-9-5-4-8-12(13)3/h4-5,8-9H,1,6-7,10H2,2-3H3. The normalized spacial score (nSPS) is 10.0. The van der Waals surface area contributed by atoms with Crippen LogP contribution in [0.15, 0.2) is 36.4 Å². The summed E-state index contributed by atoms with van der Waals surface area (Å²) < 4.78 is 0. The Bertz CT molecular complexity index is 284. The van der Waals surface area contributed by atoms with E-state index >= 15 is 0 Å². The van der Waals surface area contributed by atoms with Crippen molar-refractivity contribution in [2.45, 2.75) is 33.1 Å². The van der Waals surface area contributed by atoms with E-state index in [1.807, 2.05) is 0 Å². The minimum Gasteiger partial charge on any atom is -0.100 e. The van der Waals surface area contributed by atoms with Crippen LogP contribution >= 0.6 is 0 Å². The van der Waals surface area contributed by atoms with Crippen molar-refractivity contribution in [1.82, 2.24) is 0 Å². The molecule has 0 saturated heterocycles. The van der Waals surface area contributed by atoms with Crippen molar-refractivity contribution in [3.8, 4) is 0 Å². The third-order valence-corrected chi connectivity index (χ3v) is 2.31. The van der Waals surface area contributed by atoms with E-state index in [1.165, 1.54) is 29.5 Å². The Balaban J connectivity index is 2.45. The van der Waals surface area contributed by atoms with Gasteiger partial charge in [0.1, 0.15) is 0 Å². The Morgan fingerprint density at radius 3 is 2.62 bits per heavy atom. The van der Waals surface area contributed by atoms with E-state index < -0.39 is 0 Å². The van der Waals surface area contributed by atoms with Gasteiger partial charge in [0.25, 0.3) is 0 Å². The first kappa shape index (κ1) is 10.0. The van der Waals surface area contributed by atoms with Gasteiger partial charge in [0.15, 0.2) is 0 Å². The lowest BCUT2D eigenvalue weighted by molar-refractivity contribution is 0.810. The van der Waals surface area contributed by atoms with E-state index in [0.29, 0.717) is 0 Å². The molecule has 0 atom stereocenters. The number of rotatable bonds is 4. The minimum atomic E-state index is 1.15. The van der Waals surface area contributed by atoms with Crippen molar-refractivity contribution >= 4 is 0 Å². The molecule has 0 nitrogen and oxygen atoms in total. The molecule has 70 valence electrons. The first-order valence-electron chi connectivity index (χ1n) is 4.89. The average molecular weight is 174 g/mol. The molecule has 13 heavy (non-hydrogen) atoms. The maximum atomic E-state index is 3.91. The topological polar surface area (TPSA) is 0 Å². The molecule has 0 aliphatic rings. The van der Waals surface area contributed by atoms with Crippen LogP contribution in [0.25, 0.3) is 0 Å². The van der Waals surface area contributed by atoms with Crippen LogP contribution in [0, 0.1) is 6.92 Å². The third kappa shape index (κ3) is 3.45. The van der Waals surface area contributed by atoms with Gasteiger partial charge in [-0.2, -0.15) is 0 Å².